The first-order chi connectivity index (χ1) is 10.9. The minimum atomic E-state index is -0.715. The fourth-order valence-electron chi connectivity index (χ4n) is 1.59. The molecule has 0 spiro atoms. The third-order valence-corrected chi connectivity index (χ3v) is 3.86. The molecule has 1 unspecified atom stereocenters. The van der Waals surface area contributed by atoms with Crippen LogP contribution in [0.5, 0.6) is 5.88 Å². The highest BCUT2D eigenvalue weighted by Gasteiger charge is 2.25. The Morgan fingerprint density at radius 2 is 2.26 bits per heavy atom. The Balaban J connectivity index is 2.64. The number of alkyl halides is 1. The van der Waals surface area contributed by atoms with Gasteiger partial charge in [-0.2, -0.15) is 0 Å². The molecule has 7 heteroatoms. The van der Waals surface area contributed by atoms with Crippen molar-refractivity contribution in [2.75, 3.05) is 12.1 Å². The van der Waals surface area contributed by atoms with Gasteiger partial charge in [0, 0.05) is 24.6 Å². The number of hydrogen-bond acceptors (Lipinski definition) is 4. The number of carbonyl (C=O) groups is 1. The highest BCUT2D eigenvalue weighted by atomic mass is 35.5. The first kappa shape index (κ1) is 20.0. The molecule has 1 amide bonds. The second kappa shape index (κ2) is 9.92. The Morgan fingerprint density at radius 3 is 2.83 bits per heavy atom. The van der Waals surface area contributed by atoms with E-state index in [4.69, 9.17) is 27.9 Å². The molecule has 1 aromatic rings. The van der Waals surface area contributed by atoms with Gasteiger partial charge in [0.05, 0.1) is 10.6 Å². The number of aromatic nitrogens is 1. The average Bonchev–Trinajstić information content (AvgIpc) is 2.50. The van der Waals surface area contributed by atoms with Gasteiger partial charge >= 0.3 is 0 Å². The Kier molecular flexibility index (Phi) is 8.60. The zero-order chi connectivity index (χ0) is 17.3. The minimum absolute atomic E-state index is 0.258. The van der Waals surface area contributed by atoms with Gasteiger partial charge in [0.25, 0.3) is 5.91 Å². The van der Waals surface area contributed by atoms with Crippen LogP contribution in [0.4, 0.5) is 0 Å². The van der Waals surface area contributed by atoms with Gasteiger partial charge in [-0.3, -0.25) is 4.79 Å². The van der Waals surface area contributed by atoms with Crippen LogP contribution in [0.1, 0.15) is 26.7 Å². The van der Waals surface area contributed by atoms with Crippen molar-refractivity contribution in [2.45, 2.75) is 37.7 Å². The third-order valence-electron chi connectivity index (χ3n) is 2.63. The molecule has 1 aromatic heterocycles. The summed E-state index contributed by atoms with van der Waals surface area (Å²) in [4.78, 5) is 16.4. The lowest BCUT2D eigenvalue weighted by molar-refractivity contribution is -0.125. The van der Waals surface area contributed by atoms with Crippen molar-refractivity contribution in [1.29, 1.82) is 0 Å². The van der Waals surface area contributed by atoms with Crippen molar-refractivity contribution in [3.05, 3.63) is 23.4 Å². The molecule has 0 aliphatic rings. The molecule has 0 aliphatic heterocycles. The van der Waals surface area contributed by atoms with Crippen LogP contribution in [0.15, 0.2) is 18.3 Å². The molecule has 1 N–H and O–H groups in total. The van der Waals surface area contributed by atoms with Crippen molar-refractivity contribution < 1.29 is 9.53 Å². The summed E-state index contributed by atoms with van der Waals surface area (Å²) >= 11 is 12.7. The van der Waals surface area contributed by atoms with Gasteiger partial charge in [0.1, 0.15) is 0 Å². The van der Waals surface area contributed by atoms with Gasteiger partial charge in [-0.1, -0.05) is 17.5 Å². The summed E-state index contributed by atoms with van der Waals surface area (Å²) < 4.78 is 5.58. The van der Waals surface area contributed by atoms with Crippen LogP contribution < -0.4 is 10.1 Å². The lowest BCUT2D eigenvalue weighted by Crippen LogP contribution is -2.47. The van der Waals surface area contributed by atoms with Gasteiger partial charge in [-0.05, 0) is 32.6 Å². The lowest BCUT2D eigenvalue weighted by atomic mass is 10.1. The summed E-state index contributed by atoms with van der Waals surface area (Å²) in [6, 6.07) is 3.28. The maximum Gasteiger partial charge on any atom is 0.272 e. The predicted octanol–water partition coefficient (Wildman–Crippen LogP) is 3.72. The van der Waals surface area contributed by atoms with E-state index in [1.54, 1.807) is 18.4 Å². The predicted molar refractivity (Wildman–Crippen MR) is 97.1 cm³/mol. The second-order valence-corrected chi connectivity index (χ2v) is 6.92. The zero-order valence-electron chi connectivity index (χ0n) is 13.4. The van der Waals surface area contributed by atoms with E-state index < -0.39 is 11.0 Å². The largest absolute Gasteiger partial charge is 0.453 e. The van der Waals surface area contributed by atoms with Crippen LogP contribution in [0, 0.1) is 11.8 Å². The molecule has 23 heavy (non-hydrogen) atoms. The standard InChI is InChI=1S/C16H20Cl2N2O2S/c1-16(2,9-5-4-6-10-17)20-14(21)15(23-3)22-13-8-7-12(18)11-19-13/h7-8,11,15H,4,6,10H2,1-3H3,(H,20,21). The number of carbonyl (C=O) groups excluding carboxylic acids is 1. The van der Waals surface area contributed by atoms with Gasteiger partial charge in [-0.15, -0.1) is 29.3 Å². The van der Waals surface area contributed by atoms with E-state index in [1.165, 1.54) is 18.0 Å². The number of nitrogens with one attached hydrogen (secondary N) is 1. The Morgan fingerprint density at radius 1 is 1.52 bits per heavy atom. The monoisotopic (exact) mass is 374 g/mol. The number of ether oxygens (including phenoxy) is 1. The summed E-state index contributed by atoms with van der Waals surface area (Å²) in [6.07, 6.45) is 4.80. The van der Waals surface area contributed by atoms with Gasteiger partial charge in [0.15, 0.2) is 0 Å². The molecule has 0 aliphatic carbocycles. The van der Waals surface area contributed by atoms with Crippen molar-refractivity contribution in [3.8, 4) is 17.7 Å². The molecule has 0 radical (unpaired) electrons. The summed E-state index contributed by atoms with van der Waals surface area (Å²) in [5, 5.41) is 3.38. The molecule has 4 nitrogen and oxygen atoms in total. The first-order valence-electron chi connectivity index (χ1n) is 7.07. The van der Waals surface area contributed by atoms with E-state index in [9.17, 15) is 4.79 Å². The number of thioether (sulfide) groups is 1. The quantitative estimate of drug-likeness (QED) is 0.342. The normalized spacial score (nSPS) is 12.0. The summed E-state index contributed by atoms with van der Waals surface area (Å²) in [7, 11) is 0. The number of rotatable bonds is 7. The summed E-state index contributed by atoms with van der Waals surface area (Å²) in [5.41, 5.74) is -1.36. The Labute approximate surface area is 151 Å². The maximum atomic E-state index is 12.4. The van der Waals surface area contributed by atoms with Crippen molar-refractivity contribution in [1.82, 2.24) is 10.3 Å². The van der Waals surface area contributed by atoms with E-state index in [1.807, 2.05) is 13.8 Å². The molecule has 1 heterocycles. The van der Waals surface area contributed by atoms with Crippen LogP contribution in [-0.2, 0) is 4.79 Å². The molecule has 126 valence electrons. The summed E-state index contributed by atoms with van der Waals surface area (Å²) in [5.74, 6) is 6.72. The number of nitrogens with zero attached hydrogens (tertiary/aromatic N) is 1. The Bertz CT molecular complexity index is 568. The van der Waals surface area contributed by atoms with Crippen LogP contribution >= 0.6 is 35.0 Å². The molecular weight excluding hydrogens is 355 g/mol. The molecule has 0 aromatic carbocycles. The fraction of sp³-hybridized carbons (Fsp3) is 0.500. The topological polar surface area (TPSA) is 51.2 Å². The SMILES string of the molecule is CSC(Oc1ccc(Cl)cn1)C(=O)NC(C)(C)C#CCCCCl. The van der Waals surface area contributed by atoms with Crippen molar-refractivity contribution in [3.63, 3.8) is 0 Å². The minimum Gasteiger partial charge on any atom is -0.453 e. The van der Waals surface area contributed by atoms with E-state index >= 15 is 0 Å². The van der Waals surface area contributed by atoms with Crippen LogP contribution in [0.2, 0.25) is 5.02 Å². The highest BCUT2D eigenvalue weighted by molar-refractivity contribution is 7.99. The van der Waals surface area contributed by atoms with Crippen molar-refractivity contribution in [2.24, 2.45) is 0 Å². The van der Waals surface area contributed by atoms with Gasteiger partial charge in [0.2, 0.25) is 11.3 Å². The first-order valence-corrected chi connectivity index (χ1v) is 9.27. The number of amides is 1. The number of halogens is 2. The van der Waals surface area contributed by atoms with Gasteiger partial charge in [-0.25, -0.2) is 4.98 Å². The molecule has 1 atom stereocenters. The maximum absolute atomic E-state index is 12.4. The van der Waals surface area contributed by atoms with E-state index in [2.05, 4.69) is 22.1 Å². The third kappa shape index (κ3) is 7.83. The van der Waals surface area contributed by atoms with E-state index in [0.717, 1.165) is 6.42 Å². The van der Waals surface area contributed by atoms with E-state index in [0.29, 0.717) is 23.2 Å². The summed E-state index contributed by atoms with van der Waals surface area (Å²) in [6.45, 7) is 3.69. The van der Waals surface area contributed by atoms with Crippen LogP contribution in [-0.4, -0.2) is 34.0 Å². The second-order valence-electron chi connectivity index (χ2n) is 5.21. The number of unbranched alkanes of at least 4 members (excludes halogenated alkanes) is 1. The highest BCUT2D eigenvalue weighted by Crippen LogP contribution is 2.17. The smallest absolute Gasteiger partial charge is 0.272 e. The molecule has 0 saturated carbocycles. The molecule has 0 fully saturated rings. The van der Waals surface area contributed by atoms with E-state index in [-0.39, 0.29) is 5.91 Å². The van der Waals surface area contributed by atoms with Crippen LogP contribution in [0.25, 0.3) is 0 Å². The van der Waals surface area contributed by atoms with Gasteiger partial charge < -0.3 is 10.1 Å². The molecule has 0 bridgehead atoms. The van der Waals surface area contributed by atoms with Crippen molar-refractivity contribution >= 4 is 40.9 Å². The number of pyridine rings is 1. The average molecular weight is 375 g/mol. The Hall–Kier alpha value is -1.09. The molecule has 0 saturated heterocycles. The zero-order valence-corrected chi connectivity index (χ0v) is 15.7. The number of hydrogen-bond donors (Lipinski definition) is 1. The lowest BCUT2D eigenvalue weighted by Gasteiger charge is -2.23. The molecule has 1 rings (SSSR count). The molecular formula is C16H20Cl2N2O2S. The fourth-order valence-corrected chi connectivity index (χ4v) is 2.30. The van der Waals surface area contributed by atoms with Crippen LogP contribution in [0.3, 0.4) is 0 Å².